The van der Waals surface area contributed by atoms with Crippen LogP contribution in [0.1, 0.15) is 83.3 Å². The van der Waals surface area contributed by atoms with Crippen LogP contribution in [0.5, 0.6) is 11.5 Å². The van der Waals surface area contributed by atoms with E-state index in [9.17, 15) is 20.0 Å². The third kappa shape index (κ3) is 14.1. The zero-order chi connectivity index (χ0) is 44.6. The lowest BCUT2D eigenvalue weighted by molar-refractivity contribution is -0.123. The molecular formula is C47H67N7O7. The van der Waals surface area contributed by atoms with Crippen molar-refractivity contribution in [1.82, 2.24) is 25.8 Å². The first kappa shape index (κ1) is 48.4. The molecule has 0 bridgehead atoms. The van der Waals surface area contributed by atoms with E-state index in [1.165, 1.54) is 0 Å². The van der Waals surface area contributed by atoms with Crippen molar-refractivity contribution in [2.24, 2.45) is 10.3 Å². The van der Waals surface area contributed by atoms with Crippen LogP contribution in [0.4, 0.5) is 0 Å². The van der Waals surface area contributed by atoms with Crippen molar-refractivity contribution < 1.29 is 33.9 Å². The molecule has 4 aromatic rings. The van der Waals surface area contributed by atoms with Crippen LogP contribution in [0.15, 0.2) is 81.5 Å². The average Bonchev–Trinajstić information content (AvgIpc) is 3.63. The van der Waals surface area contributed by atoms with Crippen molar-refractivity contribution in [3.63, 3.8) is 0 Å². The van der Waals surface area contributed by atoms with Gasteiger partial charge >= 0.3 is 0 Å². The summed E-state index contributed by atoms with van der Waals surface area (Å²) in [5.74, 6) is 1.25. The molecule has 14 heteroatoms. The number of carbonyl (C=O) groups excluding carboxylic acids is 2. The first-order valence-electron chi connectivity index (χ1n) is 21.3. The van der Waals surface area contributed by atoms with E-state index in [0.717, 1.165) is 48.3 Å². The number of aryl methyl sites for hydroxylation is 1. The Morgan fingerprint density at radius 1 is 0.738 bits per heavy atom. The lowest BCUT2D eigenvalue weighted by atomic mass is 9.96. The SMILES string of the molecule is CCN(CC)CCCOc1ccc(-c2oc3ccc(C)cc3c2C(=O)c2ccc(OCC(=O)NCCN(CCNC(C)(C)/C(C)=N/O)CCNC(C)(C)/C(C)=N/O)cc2)cc1. The largest absolute Gasteiger partial charge is 0.494 e. The third-order valence-corrected chi connectivity index (χ3v) is 11.3. The first-order chi connectivity index (χ1) is 29.1. The number of ether oxygens (including phenoxy) is 2. The maximum absolute atomic E-state index is 14.2. The van der Waals surface area contributed by atoms with Crippen molar-refractivity contribution in [2.45, 2.75) is 79.8 Å². The number of benzene rings is 3. The molecular weight excluding hydrogens is 775 g/mol. The highest BCUT2D eigenvalue weighted by Gasteiger charge is 2.25. The van der Waals surface area contributed by atoms with Crippen molar-refractivity contribution in [3.05, 3.63) is 83.4 Å². The third-order valence-electron chi connectivity index (χ3n) is 11.3. The van der Waals surface area contributed by atoms with Gasteiger partial charge in [-0.15, -0.1) is 0 Å². The highest BCUT2D eigenvalue weighted by molar-refractivity contribution is 6.19. The van der Waals surface area contributed by atoms with E-state index in [4.69, 9.17) is 13.9 Å². The summed E-state index contributed by atoms with van der Waals surface area (Å²) in [4.78, 5) is 31.6. The van der Waals surface area contributed by atoms with E-state index in [1.54, 1.807) is 38.1 Å². The molecule has 1 heterocycles. The van der Waals surface area contributed by atoms with Gasteiger partial charge < -0.3 is 45.2 Å². The van der Waals surface area contributed by atoms with Gasteiger partial charge in [0.2, 0.25) is 0 Å². The molecule has 5 N–H and O–H groups in total. The Bertz CT molecular complexity index is 2040. The summed E-state index contributed by atoms with van der Waals surface area (Å²) in [5.41, 5.74) is 3.53. The summed E-state index contributed by atoms with van der Waals surface area (Å²) in [6, 6.07) is 20.3. The molecule has 14 nitrogen and oxygen atoms in total. The number of fused-ring (bicyclic) bond motifs is 1. The van der Waals surface area contributed by atoms with Crippen LogP contribution < -0.4 is 25.4 Å². The van der Waals surface area contributed by atoms with Crippen LogP contribution >= 0.6 is 0 Å². The lowest BCUT2D eigenvalue weighted by Crippen LogP contribution is -2.51. The Labute approximate surface area is 361 Å². The Morgan fingerprint density at radius 3 is 1.87 bits per heavy atom. The number of ketones is 1. The molecule has 0 aliphatic carbocycles. The monoisotopic (exact) mass is 842 g/mol. The second-order valence-electron chi connectivity index (χ2n) is 16.4. The van der Waals surface area contributed by atoms with E-state index in [-0.39, 0.29) is 18.3 Å². The Morgan fingerprint density at radius 2 is 1.30 bits per heavy atom. The fraction of sp³-hybridized carbons (Fsp3) is 0.489. The molecule has 332 valence electrons. The van der Waals surface area contributed by atoms with E-state index in [2.05, 4.69) is 49.9 Å². The van der Waals surface area contributed by atoms with Crippen molar-refractivity contribution in [3.8, 4) is 22.8 Å². The number of furan rings is 1. The van der Waals surface area contributed by atoms with Crippen LogP contribution in [-0.2, 0) is 4.79 Å². The fourth-order valence-electron chi connectivity index (χ4n) is 6.66. The second kappa shape index (κ2) is 23.1. The molecule has 0 saturated heterocycles. The Hall–Kier alpha value is -5.28. The van der Waals surface area contributed by atoms with Gasteiger partial charge in [-0.25, -0.2) is 0 Å². The summed E-state index contributed by atoms with van der Waals surface area (Å²) in [7, 11) is 0. The topological polar surface area (TPSA) is 173 Å². The normalized spacial score (nSPS) is 12.7. The van der Waals surface area contributed by atoms with Crippen LogP contribution in [0, 0.1) is 6.92 Å². The van der Waals surface area contributed by atoms with E-state index in [1.807, 2.05) is 77.1 Å². The van der Waals surface area contributed by atoms with Gasteiger partial charge in [0.1, 0.15) is 22.8 Å². The molecule has 0 aliphatic heterocycles. The molecule has 4 rings (SSSR count). The maximum Gasteiger partial charge on any atom is 0.257 e. The fourth-order valence-corrected chi connectivity index (χ4v) is 6.66. The van der Waals surface area contributed by atoms with Crippen molar-refractivity contribution in [2.75, 3.05) is 72.1 Å². The van der Waals surface area contributed by atoms with Gasteiger partial charge in [0.05, 0.1) is 34.7 Å². The van der Waals surface area contributed by atoms with E-state index in [0.29, 0.717) is 85.5 Å². The highest BCUT2D eigenvalue weighted by Crippen LogP contribution is 2.36. The van der Waals surface area contributed by atoms with Gasteiger partial charge in [0.15, 0.2) is 12.4 Å². The lowest BCUT2D eigenvalue weighted by Gasteiger charge is -2.30. The van der Waals surface area contributed by atoms with E-state index >= 15 is 0 Å². The van der Waals surface area contributed by atoms with Gasteiger partial charge in [0, 0.05) is 62.3 Å². The van der Waals surface area contributed by atoms with Crippen LogP contribution in [0.25, 0.3) is 22.3 Å². The predicted octanol–water partition coefficient (Wildman–Crippen LogP) is 6.98. The molecule has 0 radical (unpaired) electrons. The smallest absolute Gasteiger partial charge is 0.257 e. The van der Waals surface area contributed by atoms with Crippen LogP contribution in [0.3, 0.4) is 0 Å². The van der Waals surface area contributed by atoms with Gasteiger partial charge in [-0.3, -0.25) is 14.5 Å². The number of nitrogens with zero attached hydrogens (tertiary/aromatic N) is 4. The molecule has 0 saturated carbocycles. The molecule has 1 aromatic heterocycles. The highest BCUT2D eigenvalue weighted by atomic mass is 16.5. The molecule has 1 amide bonds. The minimum Gasteiger partial charge on any atom is -0.494 e. The number of hydrogen-bond donors (Lipinski definition) is 5. The van der Waals surface area contributed by atoms with Crippen molar-refractivity contribution >= 4 is 34.1 Å². The van der Waals surface area contributed by atoms with Crippen LogP contribution in [-0.4, -0.2) is 127 Å². The average molecular weight is 842 g/mol. The number of nitrogens with one attached hydrogen (secondary N) is 3. The quantitative estimate of drug-likeness (QED) is 0.0145. The summed E-state index contributed by atoms with van der Waals surface area (Å²) in [6.07, 6.45) is 0.936. The summed E-state index contributed by atoms with van der Waals surface area (Å²) >= 11 is 0. The standard InChI is InChI=1S/C47H67N7O7/c1-10-53(11-2)26-12-30-59-38-20-16-37(17-21-38)45-43(40-31-33(3)13-22-41(40)61-45)44(56)36-14-18-39(19-15-36)60-32-42(55)48-23-27-54(28-24-49-46(6,7)34(4)51-57)29-25-50-47(8,9)35(5)52-58/h13-22,31,49-50,57-58H,10-12,23-30,32H2,1-9H3,(H,48,55)/b51-34+,52-35+. The van der Waals surface area contributed by atoms with Gasteiger partial charge in [0.25, 0.3) is 5.91 Å². The maximum atomic E-state index is 14.2. The molecule has 0 fully saturated rings. The number of oxime groups is 2. The number of hydrogen-bond acceptors (Lipinski definition) is 13. The second-order valence-corrected chi connectivity index (χ2v) is 16.4. The van der Waals surface area contributed by atoms with Gasteiger partial charge in [-0.2, -0.15) is 0 Å². The van der Waals surface area contributed by atoms with Gasteiger partial charge in [-0.05, 0) is 129 Å². The van der Waals surface area contributed by atoms with Crippen molar-refractivity contribution in [1.29, 1.82) is 0 Å². The minimum absolute atomic E-state index is 0.184. The van der Waals surface area contributed by atoms with E-state index < -0.39 is 11.1 Å². The summed E-state index contributed by atoms with van der Waals surface area (Å²) in [6.45, 7) is 24.6. The number of amides is 1. The molecule has 3 aromatic carbocycles. The zero-order valence-electron chi connectivity index (χ0n) is 37.6. The molecule has 0 spiro atoms. The molecule has 0 aliphatic rings. The summed E-state index contributed by atoms with van der Waals surface area (Å²) < 4.78 is 18.2. The molecule has 0 unspecified atom stereocenters. The predicted molar refractivity (Wildman–Crippen MR) is 243 cm³/mol. The molecule has 0 atom stereocenters. The number of carbonyl (C=O) groups is 2. The molecule has 61 heavy (non-hydrogen) atoms. The summed E-state index contributed by atoms with van der Waals surface area (Å²) in [5, 5.41) is 35.7. The van der Waals surface area contributed by atoms with Gasteiger partial charge in [-0.1, -0.05) is 35.8 Å². The van der Waals surface area contributed by atoms with Crippen LogP contribution in [0.2, 0.25) is 0 Å². The minimum atomic E-state index is -0.490. The zero-order valence-corrected chi connectivity index (χ0v) is 37.6. The first-order valence-corrected chi connectivity index (χ1v) is 21.3. The Balaban J connectivity index is 1.35. The Kier molecular flexibility index (Phi) is 18.3. The number of rotatable bonds is 26.